The Bertz CT molecular complexity index is 3260. The number of rotatable bonds is 11. The van der Waals surface area contributed by atoms with Crippen LogP contribution in [0.2, 0.25) is 0 Å². The van der Waals surface area contributed by atoms with Crippen LogP contribution in [0.4, 0.5) is 33.0 Å². The molecule has 0 radical (unpaired) electrons. The third kappa shape index (κ3) is 7.42. The summed E-state index contributed by atoms with van der Waals surface area (Å²) in [6, 6.07) is 33.6. The zero-order valence-electron chi connectivity index (χ0n) is 35.9. The maximum absolute atomic E-state index is 5.36. The maximum atomic E-state index is 5.36. The number of H-pyrrole nitrogens is 1. The van der Waals surface area contributed by atoms with E-state index < -0.39 is 0 Å². The molecule has 63 heavy (non-hydrogen) atoms. The van der Waals surface area contributed by atoms with E-state index in [0.717, 1.165) is 111 Å². The molecular formula is C49H44N12S2. The fourth-order valence-corrected chi connectivity index (χ4v) is 9.48. The summed E-state index contributed by atoms with van der Waals surface area (Å²) in [5.74, 6) is 1.68. The van der Waals surface area contributed by atoms with E-state index in [1.165, 1.54) is 0 Å². The van der Waals surface area contributed by atoms with Gasteiger partial charge in [-0.1, -0.05) is 24.3 Å². The number of aryl methyl sites for hydroxylation is 3. The lowest BCUT2D eigenvalue weighted by Crippen LogP contribution is -2.36. The Kier molecular flexibility index (Phi) is 10.2. The summed E-state index contributed by atoms with van der Waals surface area (Å²) in [6.45, 7) is 4.28. The molecule has 4 aromatic carbocycles. The largest absolute Gasteiger partial charge is 0.378 e. The van der Waals surface area contributed by atoms with Gasteiger partial charge in [-0.25, -0.2) is 30.0 Å². The molecule has 0 aliphatic rings. The maximum Gasteiger partial charge on any atom is 0.210 e. The van der Waals surface area contributed by atoms with E-state index in [0.29, 0.717) is 0 Å². The van der Waals surface area contributed by atoms with Gasteiger partial charge < -0.3 is 19.4 Å². The molecule has 0 aliphatic heterocycles. The molecule has 14 heteroatoms. The van der Waals surface area contributed by atoms with Gasteiger partial charge in [0.25, 0.3) is 0 Å². The van der Waals surface area contributed by atoms with Crippen molar-refractivity contribution in [2.45, 2.75) is 13.8 Å². The van der Waals surface area contributed by atoms with Gasteiger partial charge in [-0.3, -0.25) is 9.97 Å². The molecule has 6 heterocycles. The molecule has 1 N–H and O–H groups in total. The van der Waals surface area contributed by atoms with Crippen molar-refractivity contribution < 1.29 is 0 Å². The van der Waals surface area contributed by atoms with Crippen molar-refractivity contribution in [3.8, 4) is 45.3 Å². The Morgan fingerprint density at radius 2 is 1.17 bits per heavy atom. The van der Waals surface area contributed by atoms with Crippen molar-refractivity contribution in [3.63, 3.8) is 0 Å². The number of aromatic amines is 1. The summed E-state index contributed by atoms with van der Waals surface area (Å²) >= 11 is 3.14. The van der Waals surface area contributed by atoms with Crippen LogP contribution in [0.25, 0.3) is 67.4 Å². The van der Waals surface area contributed by atoms with Crippen LogP contribution < -0.4 is 19.8 Å². The van der Waals surface area contributed by atoms with Crippen LogP contribution in [0.15, 0.2) is 133 Å². The molecule has 0 bridgehead atoms. The Morgan fingerprint density at radius 1 is 0.556 bits per heavy atom. The molecule has 10 rings (SSSR count). The third-order valence-electron chi connectivity index (χ3n) is 11.2. The first-order valence-corrected chi connectivity index (χ1v) is 22.2. The van der Waals surface area contributed by atoms with Crippen LogP contribution in [0.3, 0.4) is 0 Å². The van der Waals surface area contributed by atoms with Crippen LogP contribution in [-0.2, 0) is 7.05 Å². The molecule has 0 saturated heterocycles. The summed E-state index contributed by atoms with van der Waals surface area (Å²) in [6.07, 6.45) is 7.23. The van der Waals surface area contributed by atoms with Gasteiger partial charge in [0.15, 0.2) is 0 Å². The third-order valence-corrected chi connectivity index (χ3v) is 12.8. The minimum Gasteiger partial charge on any atom is -0.378 e. The highest BCUT2D eigenvalue weighted by molar-refractivity contribution is 7.15. The van der Waals surface area contributed by atoms with E-state index in [9.17, 15) is 0 Å². The highest BCUT2D eigenvalue weighted by Crippen LogP contribution is 2.45. The van der Waals surface area contributed by atoms with E-state index >= 15 is 0 Å². The molecule has 0 amide bonds. The first-order chi connectivity index (χ1) is 30.6. The predicted molar refractivity (Wildman–Crippen MR) is 261 cm³/mol. The molecule has 0 spiro atoms. The fraction of sp³-hybridized carbons (Fsp3) is 0.143. The molecule has 0 aliphatic carbocycles. The molecule has 12 nitrogen and oxygen atoms in total. The monoisotopic (exact) mass is 864 g/mol. The van der Waals surface area contributed by atoms with E-state index in [1.807, 2.05) is 44.6 Å². The molecular weight excluding hydrogens is 821 g/mol. The van der Waals surface area contributed by atoms with Crippen molar-refractivity contribution >= 4 is 77.8 Å². The van der Waals surface area contributed by atoms with E-state index in [2.05, 4.69) is 158 Å². The zero-order valence-corrected chi connectivity index (χ0v) is 37.6. The van der Waals surface area contributed by atoms with Crippen LogP contribution in [0.5, 0.6) is 0 Å². The van der Waals surface area contributed by atoms with Crippen LogP contribution in [0, 0.1) is 13.8 Å². The fourth-order valence-electron chi connectivity index (χ4n) is 7.81. The molecule has 0 unspecified atom stereocenters. The summed E-state index contributed by atoms with van der Waals surface area (Å²) in [5.41, 5.74) is 15.4. The Labute approximate surface area is 373 Å². The number of aromatic nitrogens is 8. The number of hydrogen-bond acceptors (Lipinski definition) is 12. The minimum absolute atomic E-state index is 0.747. The lowest BCUT2D eigenvalue weighted by molar-refractivity contribution is 0.953. The molecule has 10 aromatic rings. The van der Waals surface area contributed by atoms with Crippen LogP contribution >= 0.6 is 22.7 Å². The van der Waals surface area contributed by atoms with E-state index in [4.69, 9.17) is 19.9 Å². The molecule has 0 fully saturated rings. The first-order valence-electron chi connectivity index (χ1n) is 20.4. The van der Waals surface area contributed by atoms with Gasteiger partial charge in [-0.05, 0) is 97.8 Å². The van der Waals surface area contributed by atoms with Crippen molar-refractivity contribution in [1.82, 2.24) is 39.5 Å². The number of thiazole rings is 2. The number of hydrazine groups is 1. The summed E-state index contributed by atoms with van der Waals surface area (Å²) in [4.78, 5) is 37.7. The second kappa shape index (κ2) is 16.1. The predicted octanol–water partition coefficient (Wildman–Crippen LogP) is 11.5. The van der Waals surface area contributed by atoms with Gasteiger partial charge in [0.1, 0.15) is 11.6 Å². The van der Waals surface area contributed by atoms with Gasteiger partial charge in [0, 0.05) is 104 Å². The van der Waals surface area contributed by atoms with E-state index in [1.54, 1.807) is 41.3 Å². The number of benzene rings is 4. The normalized spacial score (nSPS) is 11.4. The molecule has 6 aromatic heterocycles. The lowest BCUT2D eigenvalue weighted by Gasteiger charge is -2.36. The first kappa shape index (κ1) is 39.7. The minimum atomic E-state index is 0.747. The second-order valence-electron chi connectivity index (χ2n) is 15.9. The van der Waals surface area contributed by atoms with Crippen molar-refractivity contribution in [2.24, 2.45) is 7.05 Å². The van der Waals surface area contributed by atoms with Crippen molar-refractivity contribution in [2.75, 3.05) is 48.0 Å². The van der Waals surface area contributed by atoms with Crippen molar-refractivity contribution in [1.29, 1.82) is 0 Å². The average molecular weight is 865 g/mol. The zero-order chi connectivity index (χ0) is 43.4. The number of anilines is 6. The van der Waals surface area contributed by atoms with Gasteiger partial charge in [0.05, 0.1) is 44.8 Å². The quantitative estimate of drug-likeness (QED) is 0.126. The molecule has 0 saturated carbocycles. The number of imidazole rings is 2. The highest BCUT2D eigenvalue weighted by Gasteiger charge is 2.31. The Morgan fingerprint density at radius 3 is 1.84 bits per heavy atom. The van der Waals surface area contributed by atoms with Gasteiger partial charge >= 0.3 is 0 Å². The second-order valence-corrected chi connectivity index (χ2v) is 17.6. The summed E-state index contributed by atoms with van der Waals surface area (Å²) < 4.78 is 2.18. The van der Waals surface area contributed by atoms with Crippen LogP contribution in [-0.4, -0.2) is 67.6 Å². The van der Waals surface area contributed by atoms with Gasteiger partial charge in [-0.15, -0.1) is 22.7 Å². The van der Waals surface area contributed by atoms with Crippen LogP contribution in [0.1, 0.15) is 11.1 Å². The van der Waals surface area contributed by atoms with Gasteiger partial charge in [-0.2, -0.15) is 0 Å². The number of hydrogen-bond donors (Lipinski definition) is 1. The Hall–Kier alpha value is -7.42. The molecule has 0 atom stereocenters. The standard InChI is InChI=1S/C49H44N12S2/c1-30-21-38-39(53-46(52-38)33-11-8-14-36(23-33)57(3)4)25-43(30)60(49-56-42(29-63-49)35-13-10-18-51-27-35)61(48-55-41(28-62-48)32-16-19-50-20-17-32)44-26-40-45(22-31(44)2)59(7)47(54-40)34-12-9-15-37(24-34)58(5)6/h8-29H,1-7H3,(H,52,53). The Balaban J connectivity index is 1.20. The topological polar surface area (TPSA) is 111 Å². The highest BCUT2D eigenvalue weighted by atomic mass is 32.1. The summed E-state index contributed by atoms with van der Waals surface area (Å²) in [7, 11) is 10.3. The number of pyridine rings is 2. The van der Waals surface area contributed by atoms with E-state index in [-0.39, 0.29) is 0 Å². The summed E-state index contributed by atoms with van der Waals surface area (Å²) in [5, 5.41) is 10.1. The number of nitrogens with one attached hydrogen (secondary N) is 1. The lowest BCUT2D eigenvalue weighted by atomic mass is 10.1. The van der Waals surface area contributed by atoms with Crippen molar-refractivity contribution in [3.05, 3.63) is 144 Å². The molecule has 312 valence electrons. The average Bonchev–Trinajstić information content (AvgIpc) is 4.13. The smallest absolute Gasteiger partial charge is 0.210 e. The number of nitrogens with zero attached hydrogens (tertiary/aromatic N) is 11. The van der Waals surface area contributed by atoms with Gasteiger partial charge in [0.2, 0.25) is 10.3 Å². The number of fused-ring (bicyclic) bond motifs is 2. The SMILES string of the molecule is Cc1cc2c(cc1N(c1nc(-c3ccncc3)cs1)N(c1nc(-c3cccnc3)cs1)c1cc3[nH]c(-c4cccc(N(C)C)c4)nc3cc1C)nc(-c1cccc(N(C)C)c1)n2C.